The molecule has 0 saturated heterocycles. The fraction of sp³-hybridized carbons (Fsp3) is 0.579. The van der Waals surface area contributed by atoms with Gasteiger partial charge in [0.05, 0.1) is 25.0 Å². The molecule has 0 bridgehead atoms. The first-order chi connectivity index (χ1) is 12.4. The van der Waals surface area contributed by atoms with E-state index < -0.39 is 36.2 Å². The molecular weight excluding hydrogens is 361 g/mol. The van der Waals surface area contributed by atoms with E-state index in [4.69, 9.17) is 4.74 Å². The zero-order valence-corrected chi connectivity index (χ0v) is 18.7. The number of rotatable bonds is 12. The molecule has 0 N–H and O–H groups in total. The molecule has 0 aliphatic rings. The molecule has 0 rings (SSSR count). The fourth-order valence-electron chi connectivity index (χ4n) is 2.19. The zero-order chi connectivity index (χ0) is 19.9. The number of aliphatic carboxylic acids is 1. The number of amides is 2. The molecular formula is C19H28NNaO6. The molecule has 0 fully saturated rings. The van der Waals surface area contributed by atoms with Gasteiger partial charge >= 0.3 is 35.5 Å². The van der Waals surface area contributed by atoms with Gasteiger partial charge in [0.25, 0.3) is 0 Å². The minimum absolute atomic E-state index is 0. The molecule has 8 heteroatoms. The topological polar surface area (TPSA) is 104 Å². The van der Waals surface area contributed by atoms with E-state index in [1.807, 2.05) is 0 Å². The standard InChI is InChI=1S/C19H29NO6.Na/c1-4-7-9-11-16(21)20(17(22)12-10-8-5-2)15(19(24)25)14-18(23)26-13-6-3;/h4-5,7-8,15H,6,9-14H2,1-3H3,(H,24,25);/q;+1/p-1/b7-4+,8-5+;. The molecule has 0 heterocycles. The molecule has 7 nitrogen and oxygen atoms in total. The second-order valence-corrected chi connectivity index (χ2v) is 5.63. The van der Waals surface area contributed by atoms with Gasteiger partial charge in [-0.1, -0.05) is 31.2 Å². The maximum Gasteiger partial charge on any atom is 1.00 e. The van der Waals surface area contributed by atoms with Crippen LogP contribution in [0.2, 0.25) is 0 Å². The van der Waals surface area contributed by atoms with Gasteiger partial charge in [-0.3, -0.25) is 19.3 Å². The summed E-state index contributed by atoms with van der Waals surface area (Å²) in [6, 6.07) is -1.67. The summed E-state index contributed by atoms with van der Waals surface area (Å²) in [5.74, 6) is -3.73. The van der Waals surface area contributed by atoms with Gasteiger partial charge in [-0.15, -0.1) is 0 Å². The molecule has 0 aliphatic heterocycles. The number of allylic oxidation sites excluding steroid dienone is 4. The van der Waals surface area contributed by atoms with Crippen molar-refractivity contribution < 1.29 is 58.6 Å². The number of nitrogens with zero attached hydrogens (tertiary/aromatic N) is 1. The SMILES string of the molecule is C/C=C/CCC(=O)N(C(=O)CC/C=C/C)C(CC(=O)OCCC)C(=O)[O-].[Na+]. The average molecular weight is 389 g/mol. The number of hydrogen-bond acceptors (Lipinski definition) is 6. The van der Waals surface area contributed by atoms with E-state index in [0.717, 1.165) is 0 Å². The van der Waals surface area contributed by atoms with Gasteiger partial charge in [0.15, 0.2) is 0 Å². The van der Waals surface area contributed by atoms with Gasteiger partial charge in [-0.25, -0.2) is 0 Å². The predicted molar refractivity (Wildman–Crippen MR) is 94.6 cm³/mol. The van der Waals surface area contributed by atoms with E-state index >= 15 is 0 Å². The molecule has 0 aromatic rings. The molecule has 0 aliphatic carbocycles. The van der Waals surface area contributed by atoms with Crippen molar-refractivity contribution in [2.75, 3.05) is 6.61 Å². The number of carboxylic acid groups (broad SMARTS) is 1. The van der Waals surface area contributed by atoms with Gasteiger partial charge in [0.1, 0.15) is 0 Å². The summed E-state index contributed by atoms with van der Waals surface area (Å²) in [4.78, 5) is 48.9. The molecule has 0 saturated carbocycles. The first-order valence-electron chi connectivity index (χ1n) is 8.82. The fourth-order valence-corrected chi connectivity index (χ4v) is 2.19. The van der Waals surface area contributed by atoms with Crippen molar-refractivity contribution in [3.8, 4) is 0 Å². The molecule has 27 heavy (non-hydrogen) atoms. The van der Waals surface area contributed by atoms with Crippen molar-refractivity contribution >= 4 is 23.8 Å². The van der Waals surface area contributed by atoms with Crippen LogP contribution in [0.3, 0.4) is 0 Å². The minimum Gasteiger partial charge on any atom is -0.548 e. The second-order valence-electron chi connectivity index (χ2n) is 5.63. The first kappa shape index (κ1) is 27.8. The van der Waals surface area contributed by atoms with Gasteiger partial charge in [0, 0.05) is 12.8 Å². The average Bonchev–Trinajstić information content (AvgIpc) is 2.59. The van der Waals surface area contributed by atoms with Gasteiger partial charge in [-0.05, 0) is 33.1 Å². The first-order valence-corrected chi connectivity index (χ1v) is 8.82. The van der Waals surface area contributed by atoms with Crippen molar-refractivity contribution in [2.45, 2.75) is 65.3 Å². The Bertz CT molecular complexity index is 516. The van der Waals surface area contributed by atoms with E-state index in [1.54, 1.807) is 45.1 Å². The molecule has 146 valence electrons. The summed E-state index contributed by atoms with van der Waals surface area (Å²) in [5, 5.41) is 11.5. The number of carbonyl (C=O) groups excluding carboxylic acids is 4. The van der Waals surface area contributed by atoms with E-state index in [2.05, 4.69) is 0 Å². The van der Waals surface area contributed by atoms with Crippen LogP contribution in [0.1, 0.15) is 59.3 Å². The van der Waals surface area contributed by atoms with Crippen LogP contribution < -0.4 is 34.7 Å². The zero-order valence-electron chi connectivity index (χ0n) is 16.7. The quantitative estimate of drug-likeness (QED) is 0.229. The predicted octanol–water partition coefficient (Wildman–Crippen LogP) is -1.48. The molecule has 0 spiro atoms. The Hall–Kier alpha value is -1.44. The van der Waals surface area contributed by atoms with Crippen molar-refractivity contribution in [3.63, 3.8) is 0 Å². The summed E-state index contributed by atoms with van der Waals surface area (Å²) < 4.78 is 4.88. The Balaban J connectivity index is 0. The van der Waals surface area contributed by atoms with Crippen molar-refractivity contribution in [1.82, 2.24) is 4.90 Å². The van der Waals surface area contributed by atoms with Crippen molar-refractivity contribution in [1.29, 1.82) is 0 Å². The largest absolute Gasteiger partial charge is 1.00 e. The van der Waals surface area contributed by atoms with Crippen molar-refractivity contribution in [3.05, 3.63) is 24.3 Å². The summed E-state index contributed by atoms with van der Waals surface area (Å²) in [5.41, 5.74) is 0. The Labute approximate surface area is 183 Å². The number of esters is 1. The third-order valence-corrected chi connectivity index (χ3v) is 3.47. The second kappa shape index (κ2) is 16.7. The summed E-state index contributed by atoms with van der Waals surface area (Å²) >= 11 is 0. The third kappa shape index (κ3) is 11.8. The van der Waals surface area contributed by atoms with E-state index in [0.29, 0.717) is 24.2 Å². The molecule has 1 atom stereocenters. The van der Waals surface area contributed by atoms with E-state index in [9.17, 15) is 24.3 Å². The minimum atomic E-state index is -1.67. The summed E-state index contributed by atoms with van der Waals surface area (Å²) in [7, 11) is 0. The number of hydrogen-bond donors (Lipinski definition) is 0. The van der Waals surface area contributed by atoms with Gasteiger partial charge in [0.2, 0.25) is 11.8 Å². The van der Waals surface area contributed by atoms with Crippen LogP contribution in [0.15, 0.2) is 24.3 Å². The summed E-state index contributed by atoms with van der Waals surface area (Å²) in [6.45, 7) is 5.52. The Kier molecular flexibility index (Phi) is 17.2. The third-order valence-electron chi connectivity index (χ3n) is 3.47. The number of carbonyl (C=O) groups is 4. The Morgan fingerprint density at radius 2 is 1.48 bits per heavy atom. The van der Waals surface area contributed by atoms with Gasteiger partial charge < -0.3 is 14.6 Å². The monoisotopic (exact) mass is 389 g/mol. The number of imide groups is 1. The maximum absolute atomic E-state index is 12.4. The van der Waals surface area contributed by atoms with Crippen LogP contribution in [0.4, 0.5) is 0 Å². The van der Waals surface area contributed by atoms with Crippen LogP contribution in [-0.2, 0) is 23.9 Å². The summed E-state index contributed by atoms with van der Waals surface area (Å²) in [6.07, 6.45) is 7.62. The van der Waals surface area contributed by atoms with E-state index in [-0.39, 0.29) is 49.0 Å². The van der Waals surface area contributed by atoms with Crippen LogP contribution in [0.5, 0.6) is 0 Å². The number of carboxylic acids is 1. The number of ether oxygens (including phenoxy) is 1. The molecule has 0 radical (unpaired) electrons. The van der Waals surface area contributed by atoms with Crippen LogP contribution in [-0.4, -0.2) is 41.3 Å². The van der Waals surface area contributed by atoms with Crippen LogP contribution in [0.25, 0.3) is 0 Å². The molecule has 0 aromatic heterocycles. The van der Waals surface area contributed by atoms with Crippen LogP contribution >= 0.6 is 0 Å². The van der Waals surface area contributed by atoms with Gasteiger partial charge in [-0.2, -0.15) is 0 Å². The van der Waals surface area contributed by atoms with E-state index in [1.165, 1.54) is 0 Å². The Morgan fingerprint density at radius 1 is 1.00 bits per heavy atom. The molecule has 1 unspecified atom stereocenters. The maximum atomic E-state index is 12.4. The Morgan fingerprint density at radius 3 is 1.85 bits per heavy atom. The molecule has 0 aromatic carbocycles. The van der Waals surface area contributed by atoms with Crippen molar-refractivity contribution in [2.24, 2.45) is 0 Å². The smallest absolute Gasteiger partial charge is 0.548 e. The van der Waals surface area contributed by atoms with Crippen LogP contribution in [0, 0.1) is 0 Å². The normalized spacial score (nSPS) is 11.8. The molecule has 2 amide bonds.